The number of carbonyl (C=O) groups excluding carboxylic acids is 1. The van der Waals surface area contributed by atoms with Gasteiger partial charge in [-0.05, 0) is 37.5 Å². The zero-order valence-corrected chi connectivity index (χ0v) is 15.3. The van der Waals surface area contributed by atoms with Gasteiger partial charge in [0.05, 0.1) is 12.3 Å². The van der Waals surface area contributed by atoms with Crippen molar-refractivity contribution in [2.24, 2.45) is 0 Å². The summed E-state index contributed by atoms with van der Waals surface area (Å²) in [5.41, 5.74) is 6.91. The molecule has 0 spiro atoms. The third-order valence-corrected chi connectivity index (χ3v) is 5.35. The first-order valence-electron chi connectivity index (χ1n) is 8.84. The van der Waals surface area contributed by atoms with Crippen LogP contribution in [-0.2, 0) is 0 Å². The molecule has 3 rings (SSSR count). The zero-order valence-electron chi connectivity index (χ0n) is 14.5. The summed E-state index contributed by atoms with van der Waals surface area (Å²) in [5, 5.41) is 12.8. The molecule has 0 radical (unpaired) electrons. The fraction of sp³-hybridized carbons (Fsp3) is 0.500. The van der Waals surface area contributed by atoms with Gasteiger partial charge in [-0.3, -0.25) is 10.1 Å². The van der Waals surface area contributed by atoms with Gasteiger partial charge in [0.25, 0.3) is 5.91 Å². The number of rotatable bonds is 6. The molecule has 1 amide bonds. The highest BCUT2D eigenvalue weighted by atomic mass is 32.1. The molecule has 1 saturated carbocycles. The maximum atomic E-state index is 12.4. The Kier molecular flexibility index (Phi) is 5.86. The molecule has 1 fully saturated rings. The average molecular weight is 360 g/mol. The molecule has 25 heavy (non-hydrogen) atoms. The summed E-state index contributed by atoms with van der Waals surface area (Å²) in [6, 6.07) is 5.07. The van der Waals surface area contributed by atoms with Gasteiger partial charge < -0.3 is 10.5 Å². The summed E-state index contributed by atoms with van der Waals surface area (Å²) in [6.07, 6.45) is 7.03. The Hall–Kier alpha value is -2.15. The summed E-state index contributed by atoms with van der Waals surface area (Å²) in [5.74, 6) is 0.858. The molecule has 0 bridgehead atoms. The maximum Gasteiger partial charge on any atom is 0.257 e. The van der Waals surface area contributed by atoms with E-state index in [2.05, 4.69) is 15.5 Å². The summed E-state index contributed by atoms with van der Waals surface area (Å²) in [6.45, 7) is 2.63. The number of carbonyl (C=O) groups is 1. The number of benzene rings is 1. The minimum atomic E-state index is -0.236. The van der Waals surface area contributed by atoms with Crippen molar-refractivity contribution in [3.05, 3.63) is 28.8 Å². The number of nitrogens with two attached hydrogens (primary N) is 1. The highest BCUT2D eigenvalue weighted by Crippen LogP contribution is 2.35. The lowest BCUT2D eigenvalue weighted by Crippen LogP contribution is -2.12. The lowest BCUT2D eigenvalue weighted by Gasteiger charge is -2.18. The van der Waals surface area contributed by atoms with Crippen LogP contribution in [0, 0.1) is 0 Å². The van der Waals surface area contributed by atoms with Gasteiger partial charge in [0.15, 0.2) is 0 Å². The number of ether oxygens (including phenoxy) is 1. The molecule has 1 heterocycles. The normalized spacial score (nSPS) is 15.1. The molecular formula is C18H24N4O2S. The molecule has 1 aromatic heterocycles. The number of amides is 1. The highest BCUT2D eigenvalue weighted by molar-refractivity contribution is 7.15. The SMILES string of the molecule is CCCOc1ccc(C(=O)Nc2nnc(C3CCCCC3)s2)cc1N. The third-order valence-electron chi connectivity index (χ3n) is 4.35. The van der Waals surface area contributed by atoms with Crippen LogP contribution in [0.4, 0.5) is 10.8 Å². The zero-order chi connectivity index (χ0) is 17.6. The van der Waals surface area contributed by atoms with Crippen LogP contribution in [0.3, 0.4) is 0 Å². The van der Waals surface area contributed by atoms with Gasteiger partial charge in [0, 0.05) is 11.5 Å². The Morgan fingerprint density at radius 3 is 2.84 bits per heavy atom. The number of nitrogens with one attached hydrogen (secondary N) is 1. The lowest BCUT2D eigenvalue weighted by atomic mass is 9.90. The predicted molar refractivity (Wildman–Crippen MR) is 100 cm³/mol. The van der Waals surface area contributed by atoms with Crippen LogP contribution in [-0.4, -0.2) is 22.7 Å². The van der Waals surface area contributed by atoms with E-state index in [1.807, 2.05) is 6.92 Å². The molecule has 0 atom stereocenters. The van der Waals surface area contributed by atoms with Crippen molar-refractivity contribution >= 4 is 28.1 Å². The van der Waals surface area contributed by atoms with Gasteiger partial charge in [-0.2, -0.15) is 0 Å². The van der Waals surface area contributed by atoms with Crippen LogP contribution < -0.4 is 15.8 Å². The van der Waals surface area contributed by atoms with Crippen molar-refractivity contribution in [3.63, 3.8) is 0 Å². The summed E-state index contributed by atoms with van der Waals surface area (Å²) < 4.78 is 5.53. The molecule has 0 aliphatic heterocycles. The van der Waals surface area contributed by atoms with Gasteiger partial charge in [-0.1, -0.05) is 37.5 Å². The molecule has 6 nitrogen and oxygen atoms in total. The second kappa shape index (κ2) is 8.29. The van der Waals surface area contributed by atoms with Crippen molar-refractivity contribution in [3.8, 4) is 5.75 Å². The van der Waals surface area contributed by atoms with E-state index >= 15 is 0 Å². The van der Waals surface area contributed by atoms with Gasteiger partial charge in [-0.15, -0.1) is 10.2 Å². The Morgan fingerprint density at radius 2 is 2.12 bits per heavy atom. The van der Waals surface area contributed by atoms with Crippen LogP contribution in [0.25, 0.3) is 0 Å². The molecule has 2 aromatic rings. The van der Waals surface area contributed by atoms with E-state index in [1.54, 1.807) is 18.2 Å². The molecule has 1 aliphatic rings. The van der Waals surface area contributed by atoms with Crippen molar-refractivity contribution in [1.29, 1.82) is 0 Å². The molecule has 7 heteroatoms. The number of nitrogen functional groups attached to an aromatic ring is 1. The number of hydrogen-bond acceptors (Lipinski definition) is 6. The van der Waals surface area contributed by atoms with E-state index in [-0.39, 0.29) is 5.91 Å². The first kappa shape index (κ1) is 17.7. The van der Waals surface area contributed by atoms with Crippen molar-refractivity contribution < 1.29 is 9.53 Å². The van der Waals surface area contributed by atoms with Crippen LogP contribution >= 0.6 is 11.3 Å². The molecule has 0 unspecified atom stereocenters. The molecule has 3 N–H and O–H groups in total. The third kappa shape index (κ3) is 4.48. The Balaban J connectivity index is 1.64. The number of hydrogen-bond donors (Lipinski definition) is 2. The van der Waals surface area contributed by atoms with Crippen LogP contribution in [0.15, 0.2) is 18.2 Å². The smallest absolute Gasteiger partial charge is 0.257 e. The minimum Gasteiger partial charge on any atom is -0.491 e. The molecule has 1 aromatic carbocycles. The number of nitrogens with zero attached hydrogens (tertiary/aromatic N) is 2. The maximum absolute atomic E-state index is 12.4. The van der Waals surface area contributed by atoms with Crippen molar-refractivity contribution in [2.75, 3.05) is 17.7 Å². The molecule has 134 valence electrons. The predicted octanol–water partition coefficient (Wildman–Crippen LogP) is 4.21. The summed E-state index contributed by atoms with van der Waals surface area (Å²) >= 11 is 1.47. The van der Waals surface area contributed by atoms with Crippen LogP contribution in [0.1, 0.15) is 66.7 Å². The standard InChI is InChI=1S/C18H24N4O2S/c1-2-10-24-15-9-8-13(11-14(15)19)16(23)20-18-22-21-17(25-18)12-6-4-3-5-7-12/h8-9,11-12H,2-7,10,19H2,1H3,(H,20,22,23). The lowest BCUT2D eigenvalue weighted by molar-refractivity contribution is 0.102. The highest BCUT2D eigenvalue weighted by Gasteiger charge is 2.20. The van der Waals surface area contributed by atoms with Crippen LogP contribution in [0.2, 0.25) is 0 Å². The Bertz CT molecular complexity index is 726. The molecule has 0 saturated heterocycles. The number of anilines is 2. The van der Waals surface area contributed by atoms with Gasteiger partial charge in [-0.25, -0.2) is 0 Å². The second-order valence-electron chi connectivity index (χ2n) is 6.34. The van der Waals surface area contributed by atoms with E-state index in [0.717, 1.165) is 11.4 Å². The van der Waals surface area contributed by atoms with E-state index in [0.29, 0.717) is 34.7 Å². The summed E-state index contributed by atoms with van der Waals surface area (Å²) in [4.78, 5) is 12.4. The molecule has 1 aliphatic carbocycles. The first-order chi connectivity index (χ1) is 12.2. The fourth-order valence-electron chi connectivity index (χ4n) is 3.00. The Labute approximate surface area is 151 Å². The number of aromatic nitrogens is 2. The first-order valence-corrected chi connectivity index (χ1v) is 9.66. The van der Waals surface area contributed by atoms with Gasteiger partial charge in [0.2, 0.25) is 5.13 Å². The van der Waals surface area contributed by atoms with Crippen LogP contribution in [0.5, 0.6) is 5.75 Å². The molecular weight excluding hydrogens is 336 g/mol. The fourth-order valence-corrected chi connectivity index (χ4v) is 3.91. The minimum absolute atomic E-state index is 0.236. The van der Waals surface area contributed by atoms with E-state index in [4.69, 9.17) is 10.5 Å². The van der Waals surface area contributed by atoms with E-state index < -0.39 is 0 Å². The van der Waals surface area contributed by atoms with Gasteiger partial charge in [0.1, 0.15) is 10.8 Å². The van der Waals surface area contributed by atoms with Crippen molar-refractivity contribution in [1.82, 2.24) is 10.2 Å². The Morgan fingerprint density at radius 1 is 1.32 bits per heavy atom. The largest absolute Gasteiger partial charge is 0.491 e. The average Bonchev–Trinajstić information content (AvgIpc) is 3.10. The monoisotopic (exact) mass is 360 g/mol. The van der Waals surface area contributed by atoms with Gasteiger partial charge >= 0.3 is 0 Å². The summed E-state index contributed by atoms with van der Waals surface area (Å²) in [7, 11) is 0. The van der Waals surface area contributed by atoms with E-state index in [9.17, 15) is 4.79 Å². The second-order valence-corrected chi connectivity index (χ2v) is 7.34. The van der Waals surface area contributed by atoms with Crippen molar-refractivity contribution in [2.45, 2.75) is 51.4 Å². The topological polar surface area (TPSA) is 90.1 Å². The van der Waals surface area contributed by atoms with E-state index in [1.165, 1.54) is 43.4 Å². The quantitative estimate of drug-likeness (QED) is 0.753.